The zero-order chi connectivity index (χ0) is 11.6. The van der Waals surface area contributed by atoms with Crippen molar-refractivity contribution >= 4 is 79.1 Å². The Morgan fingerprint density at radius 3 is 1.75 bits per heavy atom. The summed E-state index contributed by atoms with van der Waals surface area (Å²) < 4.78 is 31.6. The number of unbranched alkanes of at least 4 members (excludes halogenated alkanes) is 1. The molecular formula is C8H24AlKO5S. The van der Waals surface area contributed by atoms with Crippen molar-refractivity contribution in [3.63, 3.8) is 0 Å². The molecule has 0 aromatic carbocycles. The fraction of sp³-hybridized carbons (Fsp3) is 1.00. The predicted octanol–water partition coefficient (Wildman–Crippen LogP) is -0.290. The number of rotatable bonds is 5. The van der Waals surface area contributed by atoms with Gasteiger partial charge in [-0.1, -0.05) is 33.1 Å². The average Bonchev–Trinajstić information content (AvgIpc) is 2.04. The van der Waals surface area contributed by atoms with Crippen molar-refractivity contribution < 1.29 is 22.6 Å². The minimum atomic E-state index is -4.67. The third kappa shape index (κ3) is 36.0. The molecule has 0 heterocycles. The second kappa shape index (κ2) is 17.0. The first-order valence-corrected chi connectivity index (χ1v) is 6.05. The molecular weight excluding hydrogens is 274 g/mol. The van der Waals surface area contributed by atoms with E-state index in [2.05, 4.69) is 13.8 Å². The van der Waals surface area contributed by atoms with Gasteiger partial charge in [-0.25, -0.2) is 0 Å². The summed E-state index contributed by atoms with van der Waals surface area (Å²) in [5, 5.41) is 8.75. The molecule has 8 heteroatoms. The third-order valence-corrected chi connectivity index (χ3v) is 1.80. The Kier molecular flexibility index (Phi) is 28.2. The zero-order valence-corrected chi connectivity index (χ0v) is 9.50. The van der Waals surface area contributed by atoms with Crippen molar-refractivity contribution in [1.29, 1.82) is 0 Å². The van der Waals surface area contributed by atoms with Crippen LogP contribution in [0.2, 0.25) is 0 Å². The van der Waals surface area contributed by atoms with E-state index in [0.717, 1.165) is 6.42 Å². The summed E-state index contributed by atoms with van der Waals surface area (Å²) in [5.74, 6) is 0.560. The van der Waals surface area contributed by atoms with E-state index < -0.39 is 10.4 Å². The first kappa shape index (κ1) is 26.5. The first-order chi connectivity index (χ1) is 6.35. The van der Waals surface area contributed by atoms with E-state index in [4.69, 9.17) is 22.6 Å². The monoisotopic (exact) mass is 298 g/mol. The maximum atomic E-state index is 8.75. The molecule has 16 heavy (non-hydrogen) atoms. The van der Waals surface area contributed by atoms with Crippen molar-refractivity contribution in [1.82, 2.24) is 0 Å². The number of aliphatic hydroxyl groups excluding tert-OH is 1. The van der Waals surface area contributed by atoms with E-state index >= 15 is 0 Å². The maximum absolute atomic E-state index is 8.75. The van der Waals surface area contributed by atoms with Gasteiger partial charge in [0.15, 0.2) is 17.4 Å². The van der Waals surface area contributed by atoms with Crippen LogP contribution < -0.4 is 0 Å². The number of hydrogen-bond acceptors (Lipinski definition) is 3. The summed E-state index contributed by atoms with van der Waals surface area (Å²) in [7, 11) is -4.67. The van der Waals surface area contributed by atoms with Gasteiger partial charge in [-0.2, -0.15) is 8.42 Å². The molecule has 1 atom stereocenters. The van der Waals surface area contributed by atoms with E-state index in [1.165, 1.54) is 19.3 Å². The molecule has 0 aliphatic rings. The molecule has 0 aromatic rings. The molecule has 0 amide bonds. The van der Waals surface area contributed by atoms with Crippen LogP contribution in [0.25, 0.3) is 0 Å². The van der Waals surface area contributed by atoms with Gasteiger partial charge in [-0.05, 0) is 12.3 Å². The van der Waals surface area contributed by atoms with Gasteiger partial charge in [0, 0.05) is 6.61 Å². The Balaban J connectivity index is -0.0000000904. The van der Waals surface area contributed by atoms with Gasteiger partial charge in [-0.3, -0.25) is 9.11 Å². The summed E-state index contributed by atoms with van der Waals surface area (Å²) in [5.41, 5.74) is 0. The van der Waals surface area contributed by atoms with E-state index in [0.29, 0.717) is 12.5 Å². The van der Waals surface area contributed by atoms with E-state index in [1.807, 2.05) is 0 Å². The van der Waals surface area contributed by atoms with Gasteiger partial charge in [0.05, 0.1) is 0 Å². The normalized spacial score (nSPS) is 11.3. The van der Waals surface area contributed by atoms with Crippen LogP contribution in [0.4, 0.5) is 0 Å². The fourth-order valence-electron chi connectivity index (χ4n) is 0.917. The van der Waals surface area contributed by atoms with Crippen molar-refractivity contribution in [2.24, 2.45) is 5.92 Å². The topological polar surface area (TPSA) is 94.8 Å². The van der Waals surface area contributed by atoms with E-state index in [-0.39, 0.29) is 68.7 Å². The van der Waals surface area contributed by atoms with Crippen LogP contribution in [-0.4, -0.2) is 98.0 Å². The van der Waals surface area contributed by atoms with Gasteiger partial charge in [-0.15, -0.1) is 0 Å². The molecule has 0 rings (SSSR count). The van der Waals surface area contributed by atoms with Crippen LogP contribution >= 0.6 is 0 Å². The Labute approximate surface area is 152 Å². The molecule has 0 radical (unpaired) electrons. The molecule has 0 aliphatic carbocycles. The molecule has 3 N–H and O–H groups in total. The Morgan fingerprint density at radius 1 is 1.19 bits per heavy atom. The Morgan fingerprint density at radius 2 is 1.56 bits per heavy atom. The summed E-state index contributed by atoms with van der Waals surface area (Å²) in [6, 6.07) is 0. The van der Waals surface area contributed by atoms with Crippen LogP contribution in [0.1, 0.15) is 39.5 Å². The molecule has 0 saturated heterocycles. The van der Waals surface area contributed by atoms with Gasteiger partial charge in [0.2, 0.25) is 0 Å². The molecule has 0 bridgehead atoms. The van der Waals surface area contributed by atoms with Crippen molar-refractivity contribution in [3.8, 4) is 0 Å². The fourth-order valence-corrected chi connectivity index (χ4v) is 0.917. The van der Waals surface area contributed by atoms with E-state index in [1.54, 1.807) is 0 Å². The van der Waals surface area contributed by atoms with Crippen LogP contribution in [0.15, 0.2) is 0 Å². The number of aliphatic hydroxyl groups is 1. The molecule has 5 nitrogen and oxygen atoms in total. The Bertz CT molecular complexity index is 198. The first-order valence-electron chi connectivity index (χ1n) is 4.65. The SMILES string of the molecule is CCCCC(CC)CO.O=S(=O)(O)O.[AlH3].[KH]. The summed E-state index contributed by atoms with van der Waals surface area (Å²) >= 11 is 0. The molecule has 1 unspecified atom stereocenters. The predicted molar refractivity (Wildman–Crippen MR) is 71.7 cm³/mol. The second-order valence-corrected chi connectivity index (χ2v) is 3.94. The molecule has 0 spiro atoms. The van der Waals surface area contributed by atoms with Crippen molar-refractivity contribution in [3.05, 3.63) is 0 Å². The van der Waals surface area contributed by atoms with Gasteiger partial charge >= 0.3 is 61.8 Å². The molecule has 0 aromatic heterocycles. The Hall–Kier alpha value is 2.00. The molecule has 96 valence electrons. The summed E-state index contributed by atoms with van der Waals surface area (Å²) in [4.78, 5) is 0. The quantitative estimate of drug-likeness (QED) is 0.479. The van der Waals surface area contributed by atoms with Crippen LogP contribution in [0, 0.1) is 5.92 Å². The minimum absolute atomic E-state index is 0. The standard InChI is InChI=1S/C8H18O.Al.K.H2O4S.4H/c1-3-5-6-8(4-2)7-9;;;1-5(2,3)4;;;;/h8-9H,3-7H2,1-2H3;;;(H2,1,2,3,4);;;;. The van der Waals surface area contributed by atoms with Gasteiger partial charge in [0.25, 0.3) is 0 Å². The van der Waals surface area contributed by atoms with Gasteiger partial charge in [0.1, 0.15) is 0 Å². The number of hydrogen-bond donors (Lipinski definition) is 3. The summed E-state index contributed by atoms with van der Waals surface area (Å²) in [6.45, 7) is 4.69. The molecule has 0 fully saturated rings. The van der Waals surface area contributed by atoms with Gasteiger partial charge < -0.3 is 5.11 Å². The van der Waals surface area contributed by atoms with Crippen LogP contribution in [-0.2, 0) is 10.4 Å². The average molecular weight is 298 g/mol. The zero-order valence-electron chi connectivity index (χ0n) is 8.68. The third-order valence-electron chi connectivity index (χ3n) is 1.80. The summed E-state index contributed by atoms with van der Waals surface area (Å²) in [6.07, 6.45) is 4.83. The second-order valence-electron chi connectivity index (χ2n) is 3.05. The molecule has 0 saturated carbocycles. The van der Waals surface area contributed by atoms with Crippen molar-refractivity contribution in [2.75, 3.05) is 6.61 Å². The van der Waals surface area contributed by atoms with Crippen molar-refractivity contribution in [2.45, 2.75) is 39.5 Å². The van der Waals surface area contributed by atoms with E-state index in [9.17, 15) is 0 Å². The molecule has 0 aliphatic heterocycles. The van der Waals surface area contributed by atoms with Crippen LogP contribution in [0.5, 0.6) is 0 Å². The van der Waals surface area contributed by atoms with Crippen LogP contribution in [0.3, 0.4) is 0 Å².